The van der Waals surface area contributed by atoms with Crippen molar-refractivity contribution in [3.8, 4) is 0 Å². The van der Waals surface area contributed by atoms with Crippen molar-refractivity contribution < 1.29 is 18.3 Å². The van der Waals surface area contributed by atoms with Gasteiger partial charge in [-0.15, -0.1) is 0 Å². The highest BCUT2D eigenvalue weighted by Crippen LogP contribution is 2.17. The number of carboxylic acids is 1. The highest BCUT2D eigenvalue weighted by molar-refractivity contribution is 7.89. The third-order valence-corrected chi connectivity index (χ3v) is 3.99. The van der Waals surface area contributed by atoms with Crippen molar-refractivity contribution in [1.82, 2.24) is 4.72 Å². The van der Waals surface area contributed by atoms with E-state index in [0.29, 0.717) is 6.42 Å². The van der Waals surface area contributed by atoms with Crippen molar-refractivity contribution in [2.75, 3.05) is 5.75 Å². The fourth-order valence-corrected chi connectivity index (χ4v) is 2.90. The van der Waals surface area contributed by atoms with Crippen LogP contribution in [0.1, 0.15) is 34.1 Å². The molecule has 0 spiro atoms. The summed E-state index contributed by atoms with van der Waals surface area (Å²) < 4.78 is 25.5. The Hall–Kier alpha value is -0.620. The molecule has 6 heteroatoms. The van der Waals surface area contributed by atoms with Gasteiger partial charge in [0.15, 0.2) is 0 Å². The van der Waals surface area contributed by atoms with Gasteiger partial charge in [-0.1, -0.05) is 6.92 Å². The van der Waals surface area contributed by atoms with Crippen molar-refractivity contribution >= 4 is 16.0 Å². The van der Waals surface area contributed by atoms with E-state index in [1.807, 2.05) is 6.92 Å². The van der Waals surface area contributed by atoms with E-state index in [9.17, 15) is 13.2 Å². The number of nitrogens with one attached hydrogen (secondary N) is 1. The Labute approximate surface area is 90.9 Å². The summed E-state index contributed by atoms with van der Waals surface area (Å²) in [6.45, 7) is 6.39. The molecule has 0 saturated heterocycles. The van der Waals surface area contributed by atoms with Crippen LogP contribution in [-0.2, 0) is 14.8 Å². The maximum Gasteiger partial charge on any atom is 0.310 e. The monoisotopic (exact) mass is 237 g/mol. The van der Waals surface area contributed by atoms with Crippen LogP contribution in [-0.4, -0.2) is 31.3 Å². The third kappa shape index (κ3) is 5.13. The maximum absolute atomic E-state index is 11.5. The van der Waals surface area contributed by atoms with Crippen molar-refractivity contribution in [2.24, 2.45) is 5.41 Å². The van der Waals surface area contributed by atoms with E-state index >= 15 is 0 Å². The van der Waals surface area contributed by atoms with Crippen LogP contribution in [0.5, 0.6) is 0 Å². The molecule has 0 saturated carbocycles. The summed E-state index contributed by atoms with van der Waals surface area (Å²) in [5, 5.41) is 8.80. The zero-order valence-electron chi connectivity index (χ0n) is 9.57. The second-order valence-electron chi connectivity index (χ2n) is 4.38. The first-order valence-electron chi connectivity index (χ1n) is 4.84. The molecule has 0 aromatic carbocycles. The van der Waals surface area contributed by atoms with Gasteiger partial charge in [0.25, 0.3) is 0 Å². The van der Waals surface area contributed by atoms with Crippen molar-refractivity contribution in [1.29, 1.82) is 0 Å². The lowest BCUT2D eigenvalue weighted by atomic mass is 9.97. The predicted molar refractivity (Wildman–Crippen MR) is 58.1 cm³/mol. The number of hydrogen-bond acceptors (Lipinski definition) is 3. The fraction of sp³-hybridized carbons (Fsp3) is 0.889. The van der Waals surface area contributed by atoms with E-state index in [2.05, 4.69) is 4.72 Å². The number of aliphatic carboxylic acids is 1. The normalized spacial score (nSPS) is 14.9. The molecule has 0 aliphatic carbocycles. The second-order valence-corrected chi connectivity index (χ2v) is 6.13. The van der Waals surface area contributed by atoms with Gasteiger partial charge in [0.1, 0.15) is 0 Å². The minimum Gasteiger partial charge on any atom is -0.481 e. The Morgan fingerprint density at radius 2 is 1.93 bits per heavy atom. The first-order valence-corrected chi connectivity index (χ1v) is 6.49. The predicted octanol–water partition coefficient (Wildman–Crippen LogP) is 0.815. The van der Waals surface area contributed by atoms with E-state index in [-0.39, 0.29) is 6.04 Å². The van der Waals surface area contributed by atoms with Gasteiger partial charge in [0, 0.05) is 6.04 Å². The Morgan fingerprint density at radius 1 is 1.47 bits per heavy atom. The lowest BCUT2D eigenvalue weighted by molar-refractivity contribution is -0.145. The molecule has 15 heavy (non-hydrogen) atoms. The summed E-state index contributed by atoms with van der Waals surface area (Å²) in [7, 11) is -3.53. The summed E-state index contributed by atoms with van der Waals surface area (Å²) in [5.74, 6) is -1.52. The smallest absolute Gasteiger partial charge is 0.310 e. The SMILES string of the molecule is CCC(C)NS(=O)(=O)CC(C)(C)C(=O)O. The molecule has 2 N–H and O–H groups in total. The first kappa shape index (κ1) is 14.4. The number of rotatable bonds is 6. The van der Waals surface area contributed by atoms with Crippen LogP contribution in [0.3, 0.4) is 0 Å². The highest BCUT2D eigenvalue weighted by Gasteiger charge is 2.33. The van der Waals surface area contributed by atoms with Crippen LogP contribution >= 0.6 is 0 Å². The molecule has 0 aliphatic rings. The van der Waals surface area contributed by atoms with Crippen LogP contribution in [0.25, 0.3) is 0 Å². The molecular formula is C9H19NO4S. The van der Waals surface area contributed by atoms with Crippen LogP contribution < -0.4 is 4.72 Å². The van der Waals surface area contributed by atoms with Gasteiger partial charge in [0.05, 0.1) is 11.2 Å². The van der Waals surface area contributed by atoms with E-state index in [0.717, 1.165) is 0 Å². The first-order chi connectivity index (χ1) is 6.60. The molecule has 1 atom stereocenters. The maximum atomic E-state index is 11.5. The standard InChI is InChI=1S/C9H19NO4S/c1-5-7(2)10-15(13,14)6-9(3,4)8(11)12/h7,10H,5-6H2,1-4H3,(H,11,12). The van der Waals surface area contributed by atoms with Gasteiger partial charge in [-0.3, -0.25) is 4.79 Å². The van der Waals surface area contributed by atoms with E-state index in [1.165, 1.54) is 13.8 Å². The minimum atomic E-state index is -3.53. The van der Waals surface area contributed by atoms with Gasteiger partial charge < -0.3 is 5.11 Å². The molecule has 5 nitrogen and oxygen atoms in total. The fourth-order valence-electron chi connectivity index (χ4n) is 0.968. The number of carboxylic acid groups (broad SMARTS) is 1. The summed E-state index contributed by atoms with van der Waals surface area (Å²) in [6, 6.07) is -0.167. The van der Waals surface area contributed by atoms with Crippen molar-refractivity contribution in [3.05, 3.63) is 0 Å². The lowest BCUT2D eigenvalue weighted by Crippen LogP contribution is -2.41. The van der Waals surface area contributed by atoms with Gasteiger partial charge in [0.2, 0.25) is 10.0 Å². The van der Waals surface area contributed by atoms with Gasteiger partial charge in [-0.05, 0) is 27.2 Å². The van der Waals surface area contributed by atoms with Gasteiger partial charge in [-0.25, -0.2) is 13.1 Å². The largest absolute Gasteiger partial charge is 0.481 e. The van der Waals surface area contributed by atoms with Crippen LogP contribution in [0.2, 0.25) is 0 Å². The number of sulfonamides is 1. The molecule has 1 unspecified atom stereocenters. The zero-order valence-corrected chi connectivity index (χ0v) is 10.4. The average Bonchev–Trinajstić information content (AvgIpc) is 2.00. The molecule has 0 rings (SSSR count). The summed E-state index contributed by atoms with van der Waals surface area (Å²) in [5.41, 5.74) is -1.26. The summed E-state index contributed by atoms with van der Waals surface area (Å²) >= 11 is 0. The quantitative estimate of drug-likeness (QED) is 0.716. The van der Waals surface area contributed by atoms with Crippen LogP contribution in [0.4, 0.5) is 0 Å². The van der Waals surface area contributed by atoms with E-state index in [4.69, 9.17) is 5.11 Å². The third-order valence-electron chi connectivity index (χ3n) is 2.12. The Bertz CT molecular complexity index is 321. The molecule has 0 bridgehead atoms. The lowest BCUT2D eigenvalue weighted by Gasteiger charge is -2.20. The van der Waals surface area contributed by atoms with Crippen molar-refractivity contribution in [2.45, 2.75) is 40.2 Å². The van der Waals surface area contributed by atoms with Gasteiger partial charge in [-0.2, -0.15) is 0 Å². The minimum absolute atomic E-state index is 0.167. The molecule has 0 aromatic heterocycles. The Morgan fingerprint density at radius 3 is 2.27 bits per heavy atom. The molecule has 0 aromatic rings. The number of hydrogen-bond donors (Lipinski definition) is 2. The molecule has 0 radical (unpaired) electrons. The van der Waals surface area contributed by atoms with E-state index < -0.39 is 27.2 Å². The van der Waals surface area contributed by atoms with Gasteiger partial charge >= 0.3 is 5.97 Å². The molecule has 0 fully saturated rings. The molecule has 90 valence electrons. The van der Waals surface area contributed by atoms with Crippen LogP contribution in [0, 0.1) is 5.41 Å². The highest BCUT2D eigenvalue weighted by atomic mass is 32.2. The average molecular weight is 237 g/mol. The molecular weight excluding hydrogens is 218 g/mol. The second kappa shape index (κ2) is 4.94. The molecule has 0 aliphatic heterocycles. The Kier molecular flexibility index (Phi) is 4.73. The number of carbonyl (C=O) groups is 1. The zero-order chi connectivity index (χ0) is 12.3. The molecule has 0 heterocycles. The summed E-state index contributed by atoms with van der Waals surface area (Å²) in [4.78, 5) is 10.8. The van der Waals surface area contributed by atoms with Crippen LogP contribution in [0.15, 0.2) is 0 Å². The molecule has 0 amide bonds. The van der Waals surface area contributed by atoms with Crippen molar-refractivity contribution in [3.63, 3.8) is 0 Å². The van der Waals surface area contributed by atoms with E-state index in [1.54, 1.807) is 6.92 Å². The Balaban J connectivity index is 4.59. The summed E-state index contributed by atoms with van der Waals surface area (Å²) in [6.07, 6.45) is 0.673. The topological polar surface area (TPSA) is 83.5 Å².